The predicted molar refractivity (Wildman–Crippen MR) is 94.8 cm³/mol. The number of hydrogen-bond donors (Lipinski definition) is 1. The monoisotopic (exact) mass is 315 g/mol. The molecule has 4 heteroatoms. The van der Waals surface area contributed by atoms with Crippen LogP contribution in [0.25, 0.3) is 0 Å². The zero-order valence-electron chi connectivity index (χ0n) is 14.3. The highest BCUT2D eigenvalue weighted by Crippen LogP contribution is 2.21. The lowest BCUT2D eigenvalue weighted by Crippen LogP contribution is -2.47. The number of amides is 2. The minimum absolute atomic E-state index is 0.0710. The molecule has 0 bridgehead atoms. The third-order valence-corrected chi connectivity index (χ3v) is 5.07. The Morgan fingerprint density at radius 3 is 2.70 bits per heavy atom. The Balaban J connectivity index is 1.66. The summed E-state index contributed by atoms with van der Waals surface area (Å²) in [5.74, 6) is 0. The van der Waals surface area contributed by atoms with Crippen LogP contribution in [0, 0.1) is 6.92 Å². The van der Waals surface area contributed by atoms with Crippen LogP contribution < -0.4 is 5.32 Å². The molecule has 0 saturated carbocycles. The zero-order chi connectivity index (χ0) is 16.1. The molecule has 2 heterocycles. The number of aryl methyl sites for hydroxylation is 1. The summed E-state index contributed by atoms with van der Waals surface area (Å²) in [6, 6.07) is 8.48. The number of carbonyl (C=O) groups excluding carboxylic acids is 1. The first kappa shape index (κ1) is 16.3. The number of benzene rings is 1. The second-order valence-electron chi connectivity index (χ2n) is 7.00. The van der Waals surface area contributed by atoms with E-state index in [2.05, 4.69) is 28.1 Å². The molecule has 1 aromatic carbocycles. The highest BCUT2D eigenvalue weighted by molar-refractivity contribution is 5.89. The Morgan fingerprint density at radius 1 is 1.13 bits per heavy atom. The predicted octanol–water partition coefficient (Wildman–Crippen LogP) is 3.87. The largest absolute Gasteiger partial charge is 0.322 e. The molecule has 2 saturated heterocycles. The lowest BCUT2D eigenvalue weighted by molar-refractivity contribution is 0.164. The fourth-order valence-electron chi connectivity index (χ4n) is 3.82. The molecule has 4 nitrogen and oxygen atoms in total. The summed E-state index contributed by atoms with van der Waals surface area (Å²) in [5.41, 5.74) is 2.08. The molecule has 0 unspecified atom stereocenters. The number of urea groups is 1. The van der Waals surface area contributed by atoms with E-state index in [-0.39, 0.29) is 6.03 Å². The molecule has 2 amide bonds. The smallest absolute Gasteiger partial charge is 0.320 e. The van der Waals surface area contributed by atoms with Crippen LogP contribution in [0.15, 0.2) is 24.3 Å². The van der Waals surface area contributed by atoms with Gasteiger partial charge < -0.3 is 15.1 Å². The first-order valence-electron chi connectivity index (χ1n) is 9.09. The van der Waals surface area contributed by atoms with E-state index in [1.165, 1.54) is 44.3 Å². The molecule has 2 aliphatic heterocycles. The van der Waals surface area contributed by atoms with E-state index >= 15 is 0 Å². The van der Waals surface area contributed by atoms with E-state index in [1.54, 1.807) is 0 Å². The van der Waals surface area contributed by atoms with Crippen LogP contribution in [-0.2, 0) is 0 Å². The highest BCUT2D eigenvalue weighted by atomic mass is 16.2. The van der Waals surface area contributed by atoms with Crippen molar-refractivity contribution < 1.29 is 4.79 Å². The van der Waals surface area contributed by atoms with Gasteiger partial charge in [0.1, 0.15) is 0 Å². The van der Waals surface area contributed by atoms with Crippen LogP contribution in [0.1, 0.15) is 44.1 Å². The Hall–Kier alpha value is -1.55. The topological polar surface area (TPSA) is 35.6 Å². The first-order valence-corrected chi connectivity index (χ1v) is 9.09. The Bertz CT molecular complexity index is 525. The maximum Gasteiger partial charge on any atom is 0.322 e. The molecule has 1 N–H and O–H groups in total. The van der Waals surface area contributed by atoms with Gasteiger partial charge in [-0.25, -0.2) is 4.79 Å². The second-order valence-corrected chi connectivity index (χ2v) is 7.00. The number of likely N-dealkylation sites (tertiary alicyclic amines) is 2. The summed E-state index contributed by atoms with van der Waals surface area (Å²) < 4.78 is 0. The van der Waals surface area contributed by atoms with E-state index in [1.807, 2.05) is 18.2 Å². The van der Waals surface area contributed by atoms with Gasteiger partial charge in [-0.3, -0.25) is 0 Å². The van der Waals surface area contributed by atoms with Crippen molar-refractivity contribution in [2.75, 3.05) is 31.5 Å². The Morgan fingerprint density at radius 2 is 1.91 bits per heavy atom. The third-order valence-electron chi connectivity index (χ3n) is 5.07. The minimum Gasteiger partial charge on any atom is -0.320 e. The molecule has 3 rings (SSSR count). The highest BCUT2D eigenvalue weighted by Gasteiger charge is 2.28. The molecular formula is C19H29N3O. The van der Waals surface area contributed by atoms with Crippen molar-refractivity contribution >= 4 is 11.7 Å². The van der Waals surface area contributed by atoms with Gasteiger partial charge in [-0.2, -0.15) is 0 Å². The van der Waals surface area contributed by atoms with Crippen LogP contribution in [0.4, 0.5) is 10.5 Å². The summed E-state index contributed by atoms with van der Waals surface area (Å²) in [5, 5.41) is 3.10. The van der Waals surface area contributed by atoms with Crippen molar-refractivity contribution in [1.82, 2.24) is 9.80 Å². The zero-order valence-corrected chi connectivity index (χ0v) is 14.3. The molecule has 0 spiro atoms. The van der Waals surface area contributed by atoms with Crippen molar-refractivity contribution in [1.29, 1.82) is 0 Å². The average Bonchev–Trinajstić information content (AvgIpc) is 2.92. The van der Waals surface area contributed by atoms with Gasteiger partial charge in [0.05, 0.1) is 0 Å². The number of carbonyl (C=O) groups is 1. The summed E-state index contributed by atoms with van der Waals surface area (Å²) >= 11 is 0. The van der Waals surface area contributed by atoms with Gasteiger partial charge in [0, 0.05) is 24.8 Å². The van der Waals surface area contributed by atoms with Crippen molar-refractivity contribution in [2.24, 2.45) is 0 Å². The molecule has 2 aliphatic rings. The molecule has 23 heavy (non-hydrogen) atoms. The number of anilines is 1. The van der Waals surface area contributed by atoms with Gasteiger partial charge >= 0.3 is 6.03 Å². The molecule has 1 atom stereocenters. The van der Waals surface area contributed by atoms with E-state index in [0.29, 0.717) is 6.04 Å². The van der Waals surface area contributed by atoms with Crippen molar-refractivity contribution in [2.45, 2.75) is 51.5 Å². The van der Waals surface area contributed by atoms with Crippen LogP contribution in [0.2, 0.25) is 0 Å². The lowest BCUT2D eigenvalue weighted by atomic mass is 10.1. The minimum atomic E-state index is 0.0710. The van der Waals surface area contributed by atoms with Crippen molar-refractivity contribution in [3.05, 3.63) is 29.8 Å². The van der Waals surface area contributed by atoms with Gasteiger partial charge in [0.15, 0.2) is 0 Å². The van der Waals surface area contributed by atoms with E-state index in [0.717, 1.165) is 31.6 Å². The second kappa shape index (κ2) is 7.82. The van der Waals surface area contributed by atoms with Gasteiger partial charge in [-0.15, -0.1) is 0 Å². The SMILES string of the molecule is Cc1cccc(NC(=O)N2CCCCC[C@@H]2CN2CCCC2)c1. The van der Waals surface area contributed by atoms with Crippen LogP contribution >= 0.6 is 0 Å². The molecule has 0 aliphatic carbocycles. The number of nitrogens with zero attached hydrogens (tertiary/aromatic N) is 2. The van der Waals surface area contributed by atoms with Crippen LogP contribution in [0.3, 0.4) is 0 Å². The number of hydrogen-bond acceptors (Lipinski definition) is 2. The maximum absolute atomic E-state index is 12.8. The molecule has 0 aromatic heterocycles. The summed E-state index contributed by atoms with van der Waals surface area (Å²) in [4.78, 5) is 17.4. The Kier molecular flexibility index (Phi) is 5.55. The number of rotatable bonds is 3. The number of nitrogens with one attached hydrogen (secondary N) is 1. The molecule has 1 aromatic rings. The fourth-order valence-corrected chi connectivity index (χ4v) is 3.82. The van der Waals surface area contributed by atoms with Crippen LogP contribution in [0.5, 0.6) is 0 Å². The van der Waals surface area contributed by atoms with Gasteiger partial charge in [0.2, 0.25) is 0 Å². The van der Waals surface area contributed by atoms with Crippen LogP contribution in [-0.4, -0.2) is 48.1 Å². The quantitative estimate of drug-likeness (QED) is 0.919. The Labute approximate surface area is 139 Å². The average molecular weight is 315 g/mol. The van der Waals surface area contributed by atoms with Gasteiger partial charge in [0.25, 0.3) is 0 Å². The van der Waals surface area contributed by atoms with E-state index in [9.17, 15) is 4.79 Å². The fraction of sp³-hybridized carbons (Fsp3) is 0.632. The molecular weight excluding hydrogens is 286 g/mol. The first-order chi connectivity index (χ1) is 11.2. The summed E-state index contributed by atoms with van der Waals surface area (Å²) in [6.45, 7) is 6.38. The lowest BCUT2D eigenvalue weighted by Gasteiger charge is -2.33. The maximum atomic E-state index is 12.8. The van der Waals surface area contributed by atoms with E-state index in [4.69, 9.17) is 0 Å². The van der Waals surface area contributed by atoms with Gasteiger partial charge in [-0.1, -0.05) is 25.0 Å². The van der Waals surface area contributed by atoms with E-state index < -0.39 is 0 Å². The molecule has 0 radical (unpaired) electrons. The van der Waals surface area contributed by atoms with Crippen molar-refractivity contribution in [3.8, 4) is 0 Å². The molecule has 126 valence electrons. The van der Waals surface area contributed by atoms with Gasteiger partial charge in [-0.05, 0) is 63.4 Å². The standard InChI is InChI=1S/C19H29N3O/c1-16-8-7-9-17(14-16)20-19(23)22-13-4-2-3-10-18(22)15-21-11-5-6-12-21/h7-9,14,18H,2-6,10-13,15H2,1H3,(H,20,23)/t18-/m1/s1. The van der Waals surface area contributed by atoms with Crippen molar-refractivity contribution in [3.63, 3.8) is 0 Å². The summed E-state index contributed by atoms with van der Waals surface area (Å²) in [6.07, 6.45) is 7.36. The summed E-state index contributed by atoms with van der Waals surface area (Å²) in [7, 11) is 0. The molecule has 2 fully saturated rings. The third kappa shape index (κ3) is 4.47. The normalized spacial score (nSPS) is 22.8.